The van der Waals surface area contributed by atoms with Crippen molar-refractivity contribution >= 4 is 5.91 Å². The van der Waals surface area contributed by atoms with Gasteiger partial charge in [0.05, 0.1) is 12.0 Å². The number of amides is 1. The molecule has 0 bridgehead atoms. The van der Waals surface area contributed by atoms with Gasteiger partial charge in [-0.15, -0.1) is 0 Å². The van der Waals surface area contributed by atoms with Crippen LogP contribution in [0.3, 0.4) is 0 Å². The zero-order chi connectivity index (χ0) is 14.3. The third-order valence-electron chi connectivity index (χ3n) is 2.83. The third-order valence-corrected chi connectivity index (χ3v) is 2.83. The van der Waals surface area contributed by atoms with Gasteiger partial charge in [0.1, 0.15) is 5.75 Å². The van der Waals surface area contributed by atoms with E-state index in [0.717, 1.165) is 11.3 Å². The van der Waals surface area contributed by atoms with Gasteiger partial charge in [-0.05, 0) is 31.9 Å². The molecule has 0 fully saturated rings. The Bertz CT molecular complexity index is 465. The lowest BCUT2D eigenvalue weighted by molar-refractivity contribution is -0.128. The van der Waals surface area contributed by atoms with Gasteiger partial charge < -0.3 is 10.1 Å². The van der Waals surface area contributed by atoms with Crippen LogP contribution in [0.25, 0.3) is 0 Å². The molecule has 19 heavy (non-hydrogen) atoms. The lowest BCUT2D eigenvalue weighted by atomic mass is 10.2. The monoisotopic (exact) mass is 260 g/mol. The summed E-state index contributed by atoms with van der Waals surface area (Å²) in [6, 6.07) is 9.68. The van der Waals surface area contributed by atoms with Gasteiger partial charge >= 0.3 is 0 Å². The van der Waals surface area contributed by atoms with Crippen LogP contribution in [0.5, 0.6) is 5.75 Å². The molecule has 1 amide bonds. The smallest absolute Gasteiger partial charge is 0.261 e. The van der Waals surface area contributed by atoms with E-state index < -0.39 is 6.10 Å². The Kier molecular flexibility index (Phi) is 5.87. The molecular formula is C15H20N2O2. The van der Waals surface area contributed by atoms with Gasteiger partial charge in [0.15, 0.2) is 6.10 Å². The molecule has 4 heteroatoms. The fourth-order valence-corrected chi connectivity index (χ4v) is 1.58. The van der Waals surface area contributed by atoms with Crippen LogP contribution in [0.1, 0.15) is 25.8 Å². The summed E-state index contributed by atoms with van der Waals surface area (Å²) in [5.41, 5.74) is 0.999. The lowest BCUT2D eigenvalue weighted by Gasteiger charge is -2.18. The SMILES string of the molecule is CC[C@@H](Oc1ccccc1C)C(=O)NC[C@@H](C)C#N. The molecule has 0 saturated carbocycles. The summed E-state index contributed by atoms with van der Waals surface area (Å²) in [5, 5.41) is 11.4. The second-order valence-corrected chi connectivity index (χ2v) is 4.56. The van der Waals surface area contributed by atoms with Gasteiger partial charge in [-0.2, -0.15) is 5.26 Å². The maximum atomic E-state index is 12.0. The predicted octanol–water partition coefficient (Wildman–Crippen LogP) is 2.43. The molecule has 102 valence electrons. The number of nitrogens with zero attached hydrogens (tertiary/aromatic N) is 1. The molecule has 1 rings (SSSR count). The highest BCUT2D eigenvalue weighted by Crippen LogP contribution is 2.18. The van der Waals surface area contributed by atoms with E-state index in [4.69, 9.17) is 10.00 Å². The Labute approximate surface area is 114 Å². The van der Waals surface area contributed by atoms with Crippen molar-refractivity contribution in [3.63, 3.8) is 0 Å². The van der Waals surface area contributed by atoms with Crippen LogP contribution < -0.4 is 10.1 Å². The summed E-state index contributed by atoms with van der Waals surface area (Å²) >= 11 is 0. The van der Waals surface area contributed by atoms with E-state index in [1.54, 1.807) is 6.92 Å². The first-order chi connectivity index (χ1) is 9.08. The van der Waals surface area contributed by atoms with Crippen LogP contribution in [0.2, 0.25) is 0 Å². The van der Waals surface area contributed by atoms with Crippen molar-refractivity contribution in [3.8, 4) is 11.8 Å². The summed E-state index contributed by atoms with van der Waals surface area (Å²) in [4.78, 5) is 12.0. The second kappa shape index (κ2) is 7.42. The lowest BCUT2D eigenvalue weighted by Crippen LogP contribution is -2.39. The van der Waals surface area contributed by atoms with E-state index in [-0.39, 0.29) is 11.8 Å². The van der Waals surface area contributed by atoms with E-state index in [1.165, 1.54) is 0 Å². The molecule has 0 aliphatic carbocycles. The first-order valence-corrected chi connectivity index (χ1v) is 6.48. The molecular weight excluding hydrogens is 240 g/mol. The van der Waals surface area contributed by atoms with Crippen LogP contribution in [0.15, 0.2) is 24.3 Å². The quantitative estimate of drug-likeness (QED) is 0.854. The van der Waals surface area contributed by atoms with Gasteiger partial charge in [-0.1, -0.05) is 25.1 Å². The maximum Gasteiger partial charge on any atom is 0.261 e. The molecule has 0 aliphatic rings. The Balaban J connectivity index is 2.61. The van der Waals surface area contributed by atoms with Crippen molar-refractivity contribution in [3.05, 3.63) is 29.8 Å². The Hall–Kier alpha value is -2.02. The van der Waals surface area contributed by atoms with Gasteiger partial charge in [0.2, 0.25) is 0 Å². The number of carbonyl (C=O) groups is 1. The van der Waals surface area contributed by atoms with Gasteiger partial charge in [0, 0.05) is 6.54 Å². The van der Waals surface area contributed by atoms with E-state index in [0.29, 0.717) is 13.0 Å². The van der Waals surface area contributed by atoms with E-state index in [9.17, 15) is 4.79 Å². The topological polar surface area (TPSA) is 62.1 Å². The van der Waals surface area contributed by atoms with Crippen molar-refractivity contribution < 1.29 is 9.53 Å². The Morgan fingerprint density at radius 1 is 1.47 bits per heavy atom. The van der Waals surface area contributed by atoms with Crippen molar-refractivity contribution in [2.24, 2.45) is 5.92 Å². The summed E-state index contributed by atoms with van der Waals surface area (Å²) in [6.07, 6.45) is 0.0631. The van der Waals surface area contributed by atoms with Crippen molar-refractivity contribution in [1.29, 1.82) is 5.26 Å². The minimum absolute atomic E-state index is 0.173. The third kappa shape index (κ3) is 4.63. The number of carbonyl (C=O) groups excluding carboxylic acids is 1. The van der Waals surface area contributed by atoms with E-state index in [2.05, 4.69) is 11.4 Å². The number of nitrogens with one attached hydrogen (secondary N) is 1. The van der Waals surface area contributed by atoms with E-state index >= 15 is 0 Å². The van der Waals surface area contributed by atoms with Crippen molar-refractivity contribution in [2.45, 2.75) is 33.3 Å². The average Bonchev–Trinajstić information content (AvgIpc) is 2.43. The van der Waals surface area contributed by atoms with Crippen LogP contribution in [-0.4, -0.2) is 18.6 Å². The summed E-state index contributed by atoms with van der Waals surface area (Å²) in [6.45, 7) is 5.96. The Morgan fingerprint density at radius 3 is 2.74 bits per heavy atom. The molecule has 0 radical (unpaired) electrons. The van der Waals surface area contributed by atoms with Gasteiger partial charge in [0.25, 0.3) is 5.91 Å². The minimum Gasteiger partial charge on any atom is -0.480 e. The van der Waals surface area contributed by atoms with Crippen LogP contribution in [-0.2, 0) is 4.79 Å². The number of para-hydroxylation sites is 1. The molecule has 4 nitrogen and oxygen atoms in total. The largest absolute Gasteiger partial charge is 0.480 e. The zero-order valence-electron chi connectivity index (χ0n) is 11.6. The summed E-state index contributed by atoms with van der Waals surface area (Å²) in [7, 11) is 0. The van der Waals surface area contributed by atoms with Gasteiger partial charge in [-0.3, -0.25) is 4.79 Å². The fraction of sp³-hybridized carbons (Fsp3) is 0.467. The number of ether oxygens (including phenoxy) is 1. The van der Waals surface area contributed by atoms with Crippen molar-refractivity contribution in [1.82, 2.24) is 5.32 Å². The molecule has 0 aliphatic heterocycles. The summed E-state index contributed by atoms with van der Waals surface area (Å²) < 4.78 is 5.73. The molecule has 1 aromatic rings. The number of nitriles is 1. The molecule has 0 aromatic heterocycles. The molecule has 0 unspecified atom stereocenters. The van der Waals surface area contributed by atoms with Crippen LogP contribution in [0.4, 0.5) is 0 Å². The molecule has 0 heterocycles. The minimum atomic E-state index is -0.521. The predicted molar refractivity (Wildman–Crippen MR) is 73.7 cm³/mol. The summed E-state index contributed by atoms with van der Waals surface area (Å²) in [5.74, 6) is 0.352. The number of aryl methyl sites for hydroxylation is 1. The standard InChI is InChI=1S/C15H20N2O2/c1-4-13(15(18)17-10-11(2)9-16)19-14-8-6-5-7-12(14)3/h5-8,11,13H,4,10H2,1-3H3,(H,17,18)/t11-,13+/m0/s1. The fourth-order valence-electron chi connectivity index (χ4n) is 1.58. The molecule has 0 spiro atoms. The molecule has 2 atom stereocenters. The highest BCUT2D eigenvalue weighted by atomic mass is 16.5. The Morgan fingerprint density at radius 2 is 2.16 bits per heavy atom. The molecule has 1 N–H and O–H groups in total. The molecule has 0 saturated heterocycles. The highest BCUT2D eigenvalue weighted by molar-refractivity contribution is 5.81. The number of benzene rings is 1. The zero-order valence-corrected chi connectivity index (χ0v) is 11.6. The molecule has 1 aromatic carbocycles. The number of rotatable bonds is 6. The van der Waals surface area contributed by atoms with Gasteiger partial charge in [-0.25, -0.2) is 0 Å². The van der Waals surface area contributed by atoms with Crippen LogP contribution in [0, 0.1) is 24.2 Å². The average molecular weight is 260 g/mol. The second-order valence-electron chi connectivity index (χ2n) is 4.56. The van der Waals surface area contributed by atoms with Crippen molar-refractivity contribution in [2.75, 3.05) is 6.54 Å². The van der Waals surface area contributed by atoms with Crippen LogP contribution >= 0.6 is 0 Å². The first-order valence-electron chi connectivity index (χ1n) is 6.48. The van der Waals surface area contributed by atoms with E-state index in [1.807, 2.05) is 38.1 Å². The maximum absolute atomic E-state index is 12.0. The number of hydrogen-bond acceptors (Lipinski definition) is 3. The highest BCUT2D eigenvalue weighted by Gasteiger charge is 2.19. The number of hydrogen-bond donors (Lipinski definition) is 1. The first kappa shape index (κ1) is 15.0. The normalized spacial score (nSPS) is 13.2.